The van der Waals surface area contributed by atoms with Crippen LogP contribution in [0.2, 0.25) is 24.2 Å². The van der Waals surface area contributed by atoms with E-state index in [0.29, 0.717) is 0 Å². The number of hydrogen-bond acceptors (Lipinski definition) is 1. The van der Waals surface area contributed by atoms with E-state index in [-0.39, 0.29) is 0 Å². The molecule has 0 saturated carbocycles. The number of unbranched alkanes of at least 4 members (excludes halogenated alkanes) is 9. The smallest absolute Gasteiger partial charge is 0.0576 e. The molecule has 0 aliphatic heterocycles. The molecule has 0 N–H and O–H groups in total. The topological polar surface area (TPSA) is 12.4 Å². The maximum atomic E-state index is 4.69. The molecule has 26 heavy (non-hydrogen) atoms. The molecule has 0 heterocycles. The van der Waals surface area contributed by atoms with Crippen molar-refractivity contribution < 1.29 is 0 Å². The zero-order chi connectivity index (χ0) is 19.3. The van der Waals surface area contributed by atoms with Crippen molar-refractivity contribution in [3.05, 3.63) is 12.7 Å². The van der Waals surface area contributed by atoms with Crippen molar-refractivity contribution in [1.29, 1.82) is 0 Å². The lowest BCUT2D eigenvalue weighted by atomic mass is 10.1. The van der Waals surface area contributed by atoms with E-state index in [1.165, 1.54) is 108 Å². The molecule has 0 aromatic carbocycles. The predicted octanol–water partition coefficient (Wildman–Crippen LogP) is 8.82. The van der Waals surface area contributed by atoms with Gasteiger partial charge in [-0.3, -0.25) is 4.99 Å². The normalized spacial score (nSPS) is 12.1. The minimum absolute atomic E-state index is 1.05. The van der Waals surface area contributed by atoms with Crippen molar-refractivity contribution in [3.8, 4) is 0 Å². The van der Waals surface area contributed by atoms with Crippen LogP contribution in [0.25, 0.3) is 0 Å². The van der Waals surface area contributed by atoms with E-state index in [2.05, 4.69) is 39.6 Å². The third-order valence-corrected chi connectivity index (χ3v) is 11.3. The van der Waals surface area contributed by atoms with Gasteiger partial charge in [-0.25, -0.2) is 0 Å². The summed E-state index contributed by atoms with van der Waals surface area (Å²) < 4.78 is 0. The van der Waals surface area contributed by atoms with Crippen molar-refractivity contribution in [2.45, 2.75) is 128 Å². The molecule has 0 aromatic rings. The van der Waals surface area contributed by atoms with E-state index in [1.54, 1.807) is 0 Å². The van der Waals surface area contributed by atoms with Crippen LogP contribution in [0.5, 0.6) is 0 Å². The first-order chi connectivity index (χ1) is 12.7. The van der Waals surface area contributed by atoms with Crippen molar-refractivity contribution in [3.63, 3.8) is 0 Å². The van der Waals surface area contributed by atoms with Gasteiger partial charge in [0.05, 0.1) is 8.07 Å². The standard InChI is InChI=1S/C24H49NSi/c1-5-9-10-11-12-13-14-15-16-17-19-25-20-18-24-26(21-6-2,22-7-3)23-8-4/h6,20H,2,5,7-19,21-24H2,1,3-4H3. The molecule has 0 aromatic heterocycles. The maximum absolute atomic E-state index is 4.69. The zero-order valence-corrected chi connectivity index (χ0v) is 19.5. The lowest BCUT2D eigenvalue weighted by Crippen LogP contribution is -2.32. The number of aliphatic imine (C=N–C) groups is 1. The van der Waals surface area contributed by atoms with Crippen LogP contribution in [-0.2, 0) is 0 Å². The first-order valence-corrected chi connectivity index (χ1v) is 14.7. The number of hydrogen-bond donors (Lipinski definition) is 0. The number of allylic oxidation sites excluding steroid dienone is 1. The molecule has 0 saturated heterocycles. The Morgan fingerprint density at radius 2 is 1.23 bits per heavy atom. The van der Waals surface area contributed by atoms with Crippen LogP contribution in [0.4, 0.5) is 0 Å². The molecule has 2 heteroatoms. The quantitative estimate of drug-likeness (QED) is 0.0866. The third-order valence-electron chi connectivity index (χ3n) is 5.71. The largest absolute Gasteiger partial charge is 0.298 e. The maximum Gasteiger partial charge on any atom is 0.0576 e. The highest BCUT2D eigenvalue weighted by Gasteiger charge is 2.28. The minimum atomic E-state index is -1.11. The summed E-state index contributed by atoms with van der Waals surface area (Å²) in [5.74, 6) is 0. The van der Waals surface area contributed by atoms with Crippen molar-refractivity contribution in [2.24, 2.45) is 4.99 Å². The SMILES string of the molecule is C=CC[Si](CCC)(CCC)CCC=NCCCCCCCCCCCC. The average molecular weight is 380 g/mol. The Balaban J connectivity index is 3.68. The second-order valence-electron chi connectivity index (χ2n) is 8.30. The lowest BCUT2D eigenvalue weighted by molar-refractivity contribution is 0.558. The van der Waals surface area contributed by atoms with Gasteiger partial charge >= 0.3 is 0 Å². The van der Waals surface area contributed by atoms with Crippen LogP contribution in [0, 0.1) is 0 Å². The second kappa shape index (κ2) is 19.4. The molecule has 0 atom stereocenters. The van der Waals surface area contributed by atoms with Gasteiger partial charge in [-0.15, -0.1) is 6.58 Å². The Kier molecular flexibility index (Phi) is 19.1. The van der Waals surface area contributed by atoms with Gasteiger partial charge in [0.15, 0.2) is 0 Å². The third kappa shape index (κ3) is 14.8. The average Bonchev–Trinajstić information content (AvgIpc) is 2.63. The summed E-state index contributed by atoms with van der Waals surface area (Å²) in [5, 5.41) is 0. The molecule has 1 nitrogen and oxygen atoms in total. The summed E-state index contributed by atoms with van der Waals surface area (Å²) in [5.41, 5.74) is 0. The van der Waals surface area contributed by atoms with E-state index >= 15 is 0 Å². The highest BCUT2D eigenvalue weighted by atomic mass is 28.3. The second-order valence-corrected chi connectivity index (χ2v) is 13.2. The Hall–Kier alpha value is -0.373. The molecule has 0 aliphatic rings. The number of nitrogens with zero attached hydrogens (tertiary/aromatic N) is 1. The first kappa shape index (κ1) is 25.6. The Morgan fingerprint density at radius 1 is 0.692 bits per heavy atom. The summed E-state index contributed by atoms with van der Waals surface area (Å²) in [7, 11) is -1.11. The fourth-order valence-electron chi connectivity index (χ4n) is 4.29. The van der Waals surface area contributed by atoms with Gasteiger partial charge in [0.25, 0.3) is 0 Å². The van der Waals surface area contributed by atoms with Crippen LogP contribution >= 0.6 is 0 Å². The van der Waals surface area contributed by atoms with Crippen LogP contribution in [0.3, 0.4) is 0 Å². The molecule has 0 rings (SSSR count). The molecule has 0 amide bonds. The minimum Gasteiger partial charge on any atom is -0.298 e. The van der Waals surface area contributed by atoms with E-state index in [1.807, 2.05) is 0 Å². The molecule has 154 valence electrons. The van der Waals surface area contributed by atoms with Crippen LogP contribution in [-0.4, -0.2) is 20.8 Å². The van der Waals surface area contributed by atoms with Gasteiger partial charge in [0, 0.05) is 6.54 Å². The molecule has 0 aliphatic carbocycles. The monoisotopic (exact) mass is 379 g/mol. The van der Waals surface area contributed by atoms with E-state index in [9.17, 15) is 0 Å². The summed E-state index contributed by atoms with van der Waals surface area (Å²) in [6.45, 7) is 12.1. The highest BCUT2D eigenvalue weighted by Crippen LogP contribution is 2.30. The van der Waals surface area contributed by atoms with Gasteiger partial charge in [-0.2, -0.15) is 0 Å². The fourth-order valence-corrected chi connectivity index (χ4v) is 9.13. The van der Waals surface area contributed by atoms with Crippen LogP contribution in [0.15, 0.2) is 17.6 Å². The van der Waals surface area contributed by atoms with Crippen molar-refractivity contribution in [1.82, 2.24) is 0 Å². The summed E-state index contributed by atoms with van der Waals surface area (Å²) in [6.07, 6.45) is 22.4. The molecule has 0 bridgehead atoms. The van der Waals surface area contributed by atoms with Crippen LogP contribution in [0.1, 0.15) is 104 Å². The van der Waals surface area contributed by atoms with Gasteiger partial charge < -0.3 is 0 Å². The first-order valence-electron chi connectivity index (χ1n) is 11.8. The predicted molar refractivity (Wildman–Crippen MR) is 126 cm³/mol. The Morgan fingerprint density at radius 3 is 1.73 bits per heavy atom. The Labute approximate surface area is 167 Å². The van der Waals surface area contributed by atoms with E-state index < -0.39 is 8.07 Å². The van der Waals surface area contributed by atoms with Crippen molar-refractivity contribution in [2.75, 3.05) is 6.54 Å². The van der Waals surface area contributed by atoms with Gasteiger partial charge in [0.1, 0.15) is 0 Å². The van der Waals surface area contributed by atoms with Gasteiger partial charge in [-0.05, 0) is 25.1 Å². The molecular formula is C24H49NSi. The molecule has 0 fully saturated rings. The Bertz CT molecular complexity index is 318. The highest BCUT2D eigenvalue weighted by molar-refractivity contribution is 6.80. The fraction of sp³-hybridized carbons (Fsp3) is 0.875. The molecule has 0 spiro atoms. The van der Waals surface area contributed by atoms with Crippen molar-refractivity contribution >= 4 is 14.3 Å². The van der Waals surface area contributed by atoms with Gasteiger partial charge in [-0.1, -0.05) is 116 Å². The van der Waals surface area contributed by atoms with Crippen LogP contribution < -0.4 is 0 Å². The molecule has 0 radical (unpaired) electrons. The van der Waals surface area contributed by atoms with Gasteiger partial charge in [0.2, 0.25) is 0 Å². The summed E-state index contributed by atoms with van der Waals surface area (Å²) in [4.78, 5) is 4.69. The summed E-state index contributed by atoms with van der Waals surface area (Å²) >= 11 is 0. The number of rotatable bonds is 20. The van der Waals surface area contributed by atoms with E-state index in [0.717, 1.165) is 6.54 Å². The zero-order valence-electron chi connectivity index (χ0n) is 18.5. The van der Waals surface area contributed by atoms with E-state index in [4.69, 9.17) is 4.99 Å². The molecular weight excluding hydrogens is 330 g/mol. The molecule has 0 unspecified atom stereocenters. The lowest BCUT2D eigenvalue weighted by Gasteiger charge is -2.30. The summed E-state index contributed by atoms with van der Waals surface area (Å²) in [6, 6.07) is 5.67.